The first-order chi connectivity index (χ1) is 13.2. The number of nitrogens with one attached hydrogen (secondary N) is 1. The Kier molecular flexibility index (Phi) is 4.70. The van der Waals surface area contributed by atoms with E-state index in [2.05, 4.69) is 74.7 Å². The van der Waals surface area contributed by atoms with Crippen LogP contribution in [0.4, 0.5) is 16.2 Å². The van der Waals surface area contributed by atoms with Gasteiger partial charge in [-0.3, -0.25) is 4.90 Å². The second kappa shape index (κ2) is 6.93. The van der Waals surface area contributed by atoms with Crippen LogP contribution in [0.5, 0.6) is 0 Å². The molecule has 1 fully saturated rings. The van der Waals surface area contributed by atoms with Gasteiger partial charge >= 0.3 is 6.03 Å². The van der Waals surface area contributed by atoms with Crippen molar-refractivity contribution in [3.05, 3.63) is 59.7 Å². The Bertz CT molecular complexity index is 823. The maximum atomic E-state index is 13.6. The van der Waals surface area contributed by atoms with E-state index in [4.69, 9.17) is 0 Å². The van der Waals surface area contributed by atoms with Crippen molar-refractivity contribution in [3.63, 3.8) is 0 Å². The van der Waals surface area contributed by atoms with Gasteiger partial charge in [0.05, 0.1) is 22.5 Å². The molecule has 4 rings (SSSR count). The van der Waals surface area contributed by atoms with Gasteiger partial charge < -0.3 is 10.6 Å². The molecule has 0 saturated carbocycles. The minimum Gasteiger partial charge on any atom is -0.337 e. The molecular weight excluding hydrogens is 346 g/mol. The first-order valence-corrected chi connectivity index (χ1v) is 10.4. The number of piperidine rings is 1. The first-order valence-electron chi connectivity index (χ1n) is 10.4. The summed E-state index contributed by atoms with van der Waals surface area (Å²) in [6.45, 7) is 9.07. The van der Waals surface area contributed by atoms with Crippen LogP contribution in [0.2, 0.25) is 0 Å². The van der Waals surface area contributed by atoms with Crippen molar-refractivity contribution in [2.45, 2.75) is 70.5 Å². The van der Waals surface area contributed by atoms with E-state index in [0.29, 0.717) is 0 Å². The Balaban J connectivity index is 1.67. The number of nitrogens with two attached hydrogens (primary N) is 1. The Morgan fingerprint density at radius 1 is 0.893 bits per heavy atom. The highest BCUT2D eigenvalue weighted by molar-refractivity contribution is 6.01. The summed E-state index contributed by atoms with van der Waals surface area (Å²) in [7, 11) is 0. The van der Waals surface area contributed by atoms with Crippen LogP contribution in [0.25, 0.3) is 0 Å². The standard InChI is InChI=1S/C24H31N3O/c1-23(2)15-19(16-24(3,4)26-23)25-22(28)27-20-11-7-5-9-17(20)13-14-18-10-6-8-12-21(18)27/h5-12,19,26H,13-16H2,1-4H3,(H,25,28)/p+1. The molecule has 4 heteroatoms. The van der Waals surface area contributed by atoms with Crippen LogP contribution in [0.3, 0.4) is 0 Å². The number of para-hydroxylation sites is 2. The highest BCUT2D eigenvalue weighted by atomic mass is 16.2. The molecule has 2 aliphatic heterocycles. The molecule has 0 bridgehead atoms. The van der Waals surface area contributed by atoms with Gasteiger partial charge in [0.2, 0.25) is 0 Å². The third-order valence-corrected chi connectivity index (χ3v) is 5.99. The second-order valence-electron chi connectivity index (χ2n) is 9.77. The molecule has 0 spiro atoms. The lowest BCUT2D eigenvalue weighted by Crippen LogP contribution is -3.06. The average Bonchev–Trinajstić information content (AvgIpc) is 2.75. The molecule has 148 valence electrons. The Morgan fingerprint density at radius 3 is 1.86 bits per heavy atom. The van der Waals surface area contributed by atoms with Crippen LogP contribution in [0.1, 0.15) is 51.7 Å². The number of fused-ring (bicyclic) bond motifs is 2. The van der Waals surface area contributed by atoms with Crippen molar-refractivity contribution >= 4 is 17.4 Å². The lowest BCUT2D eigenvalue weighted by atomic mass is 9.79. The molecule has 0 aliphatic carbocycles. The van der Waals surface area contributed by atoms with E-state index in [1.807, 2.05) is 17.0 Å². The maximum absolute atomic E-state index is 13.6. The lowest BCUT2D eigenvalue weighted by Gasteiger charge is -2.43. The lowest BCUT2D eigenvalue weighted by molar-refractivity contribution is -0.787. The van der Waals surface area contributed by atoms with Crippen molar-refractivity contribution in [2.75, 3.05) is 4.90 Å². The maximum Gasteiger partial charge on any atom is 0.326 e. The van der Waals surface area contributed by atoms with Gasteiger partial charge in [-0.05, 0) is 63.8 Å². The number of amides is 2. The molecule has 0 atom stereocenters. The van der Waals surface area contributed by atoms with Gasteiger partial charge in [-0.25, -0.2) is 4.79 Å². The SMILES string of the molecule is CC1(C)CC(NC(=O)N2c3ccccc3CCc3ccccc32)CC(C)(C)[NH2+]1. The summed E-state index contributed by atoms with van der Waals surface area (Å²) in [6, 6.07) is 16.8. The Hall–Kier alpha value is -2.33. The number of anilines is 2. The van der Waals surface area contributed by atoms with Crippen molar-refractivity contribution in [2.24, 2.45) is 0 Å². The van der Waals surface area contributed by atoms with E-state index in [0.717, 1.165) is 37.1 Å². The van der Waals surface area contributed by atoms with Gasteiger partial charge in [0, 0.05) is 18.9 Å². The van der Waals surface area contributed by atoms with Crippen LogP contribution < -0.4 is 15.5 Å². The van der Waals surface area contributed by atoms with E-state index in [1.165, 1.54) is 11.1 Å². The molecule has 0 radical (unpaired) electrons. The van der Waals surface area contributed by atoms with Gasteiger partial charge in [-0.2, -0.15) is 0 Å². The van der Waals surface area contributed by atoms with E-state index in [1.54, 1.807) is 0 Å². The first kappa shape index (κ1) is 19.0. The van der Waals surface area contributed by atoms with Crippen molar-refractivity contribution in [3.8, 4) is 0 Å². The number of hydrogen-bond acceptors (Lipinski definition) is 1. The third kappa shape index (κ3) is 3.79. The molecule has 1 saturated heterocycles. The number of carbonyl (C=O) groups is 1. The minimum absolute atomic E-state index is 0.0136. The average molecular weight is 379 g/mol. The van der Waals surface area contributed by atoms with Crippen molar-refractivity contribution < 1.29 is 10.1 Å². The van der Waals surface area contributed by atoms with Crippen LogP contribution in [0, 0.1) is 0 Å². The Morgan fingerprint density at radius 2 is 1.36 bits per heavy atom. The number of nitrogens with zero attached hydrogens (tertiary/aromatic N) is 1. The van der Waals surface area contributed by atoms with Gasteiger partial charge in [-0.1, -0.05) is 36.4 Å². The van der Waals surface area contributed by atoms with Gasteiger partial charge in [0.15, 0.2) is 0 Å². The van der Waals surface area contributed by atoms with Crippen LogP contribution >= 0.6 is 0 Å². The predicted octanol–water partition coefficient (Wildman–Crippen LogP) is 3.92. The monoisotopic (exact) mass is 378 g/mol. The van der Waals surface area contributed by atoms with Crippen LogP contribution in [0.15, 0.2) is 48.5 Å². The van der Waals surface area contributed by atoms with Crippen molar-refractivity contribution in [1.29, 1.82) is 0 Å². The minimum atomic E-state index is -0.0136. The summed E-state index contributed by atoms with van der Waals surface area (Å²) in [5.41, 5.74) is 4.71. The van der Waals surface area contributed by atoms with Gasteiger partial charge in [0.1, 0.15) is 0 Å². The number of rotatable bonds is 1. The van der Waals surface area contributed by atoms with E-state index in [-0.39, 0.29) is 23.2 Å². The molecule has 4 nitrogen and oxygen atoms in total. The number of benzene rings is 2. The predicted molar refractivity (Wildman–Crippen MR) is 114 cm³/mol. The Labute approximate surface area is 168 Å². The fraction of sp³-hybridized carbons (Fsp3) is 0.458. The summed E-state index contributed by atoms with van der Waals surface area (Å²) in [5, 5.41) is 5.82. The van der Waals surface area contributed by atoms with Gasteiger partial charge in [-0.15, -0.1) is 0 Å². The molecule has 2 aliphatic rings. The van der Waals surface area contributed by atoms with Crippen LogP contribution in [-0.2, 0) is 12.8 Å². The zero-order valence-electron chi connectivity index (χ0n) is 17.5. The highest BCUT2D eigenvalue weighted by Crippen LogP contribution is 2.36. The number of urea groups is 1. The molecule has 2 aromatic rings. The third-order valence-electron chi connectivity index (χ3n) is 5.99. The number of quaternary nitrogens is 1. The summed E-state index contributed by atoms with van der Waals surface area (Å²) in [5.74, 6) is 0. The zero-order chi connectivity index (χ0) is 19.9. The van der Waals surface area contributed by atoms with Crippen LogP contribution in [-0.4, -0.2) is 23.2 Å². The summed E-state index contributed by atoms with van der Waals surface area (Å²) in [4.78, 5) is 15.5. The summed E-state index contributed by atoms with van der Waals surface area (Å²) < 4.78 is 0. The van der Waals surface area contributed by atoms with E-state index in [9.17, 15) is 4.79 Å². The molecule has 2 heterocycles. The molecule has 28 heavy (non-hydrogen) atoms. The molecule has 0 aromatic heterocycles. The fourth-order valence-corrected chi connectivity index (χ4v) is 5.36. The number of hydrogen-bond donors (Lipinski definition) is 2. The summed E-state index contributed by atoms with van der Waals surface area (Å²) >= 11 is 0. The van der Waals surface area contributed by atoms with E-state index < -0.39 is 0 Å². The summed E-state index contributed by atoms with van der Waals surface area (Å²) in [6.07, 6.45) is 3.85. The van der Waals surface area contributed by atoms with E-state index >= 15 is 0 Å². The quantitative estimate of drug-likeness (QED) is 0.776. The molecule has 2 aromatic carbocycles. The smallest absolute Gasteiger partial charge is 0.326 e. The molecule has 0 unspecified atom stereocenters. The highest BCUT2D eigenvalue weighted by Gasteiger charge is 2.42. The zero-order valence-corrected chi connectivity index (χ0v) is 17.5. The second-order valence-corrected chi connectivity index (χ2v) is 9.77. The molecule has 2 amide bonds. The molecular formula is C24H32N3O+. The number of carbonyl (C=O) groups excluding carboxylic acids is 1. The van der Waals surface area contributed by atoms with Gasteiger partial charge in [0.25, 0.3) is 0 Å². The number of aryl methyl sites for hydroxylation is 2. The largest absolute Gasteiger partial charge is 0.337 e. The topological polar surface area (TPSA) is 49.0 Å². The normalized spacial score (nSPS) is 20.6. The molecule has 3 N–H and O–H groups in total. The fourth-order valence-electron chi connectivity index (χ4n) is 5.36. The van der Waals surface area contributed by atoms with Crippen molar-refractivity contribution in [1.82, 2.24) is 5.32 Å².